The van der Waals surface area contributed by atoms with E-state index in [9.17, 15) is 4.79 Å². The van der Waals surface area contributed by atoms with Crippen LogP contribution in [0.15, 0.2) is 42.5 Å². The molecule has 0 saturated carbocycles. The van der Waals surface area contributed by atoms with Crippen molar-refractivity contribution in [3.8, 4) is 17.2 Å². The molecule has 0 unspecified atom stereocenters. The first-order chi connectivity index (χ1) is 14.0. The topological polar surface area (TPSA) is 114 Å². The van der Waals surface area contributed by atoms with Gasteiger partial charge in [-0.1, -0.05) is 0 Å². The molecule has 3 rings (SSSR count). The molecule has 0 atom stereocenters. The number of aromatic nitrogens is 3. The van der Waals surface area contributed by atoms with Crippen LogP contribution in [0.25, 0.3) is 5.69 Å². The number of nitrogen functional groups attached to an aromatic ring is 1. The molecule has 0 spiro atoms. The van der Waals surface area contributed by atoms with Gasteiger partial charge in [0.2, 0.25) is 0 Å². The van der Waals surface area contributed by atoms with E-state index in [1.165, 1.54) is 11.9 Å². The molecule has 0 aliphatic heterocycles. The van der Waals surface area contributed by atoms with Crippen LogP contribution >= 0.6 is 0 Å². The van der Waals surface area contributed by atoms with Crippen molar-refractivity contribution in [1.82, 2.24) is 15.0 Å². The van der Waals surface area contributed by atoms with Gasteiger partial charge in [0.05, 0.1) is 30.8 Å². The maximum atomic E-state index is 12.6. The van der Waals surface area contributed by atoms with Gasteiger partial charge < -0.3 is 25.3 Å². The first-order valence-corrected chi connectivity index (χ1v) is 8.93. The first-order valence-electron chi connectivity index (χ1n) is 8.93. The minimum Gasteiger partial charge on any atom is -0.495 e. The van der Waals surface area contributed by atoms with Crippen molar-refractivity contribution in [2.24, 2.45) is 0 Å². The van der Waals surface area contributed by atoms with Crippen LogP contribution in [0.1, 0.15) is 16.2 Å². The Balaban J connectivity index is 1.72. The van der Waals surface area contributed by atoms with Gasteiger partial charge >= 0.3 is 0 Å². The van der Waals surface area contributed by atoms with Gasteiger partial charge in [-0.2, -0.15) is 9.90 Å². The van der Waals surface area contributed by atoms with Crippen LogP contribution in [-0.2, 0) is 4.74 Å². The molecule has 29 heavy (non-hydrogen) atoms. The van der Waals surface area contributed by atoms with Crippen LogP contribution in [0.5, 0.6) is 11.5 Å². The van der Waals surface area contributed by atoms with Crippen molar-refractivity contribution in [3.05, 3.63) is 53.9 Å². The van der Waals surface area contributed by atoms with Crippen LogP contribution in [0.3, 0.4) is 0 Å². The molecule has 9 nitrogen and oxygen atoms in total. The molecule has 1 heterocycles. The Morgan fingerprint density at radius 2 is 1.86 bits per heavy atom. The Hall–Kier alpha value is -3.59. The molecule has 1 amide bonds. The minimum atomic E-state index is -0.377. The molecule has 0 aliphatic rings. The summed E-state index contributed by atoms with van der Waals surface area (Å²) in [6, 6.07) is 12.3. The molecule has 3 N–H and O–H groups in total. The highest BCUT2D eigenvalue weighted by Gasteiger charge is 2.17. The van der Waals surface area contributed by atoms with E-state index in [-0.39, 0.29) is 11.6 Å². The second kappa shape index (κ2) is 9.07. The Bertz CT molecular complexity index is 985. The number of nitrogens with two attached hydrogens (primary N) is 1. The van der Waals surface area contributed by atoms with E-state index in [2.05, 4.69) is 15.5 Å². The maximum Gasteiger partial charge on any atom is 0.278 e. The fourth-order valence-electron chi connectivity index (χ4n) is 2.63. The molecule has 3 aromatic rings. The summed E-state index contributed by atoms with van der Waals surface area (Å²) in [5, 5.41) is 11.4. The normalized spacial score (nSPS) is 10.6. The summed E-state index contributed by atoms with van der Waals surface area (Å²) < 4.78 is 15.6. The number of hydrogen-bond acceptors (Lipinski definition) is 7. The number of carbonyl (C=O) groups excluding carboxylic acids is 1. The lowest BCUT2D eigenvalue weighted by atomic mass is 10.2. The Labute approximate surface area is 168 Å². The molecule has 0 aliphatic carbocycles. The number of aryl methyl sites for hydroxylation is 1. The van der Waals surface area contributed by atoms with Crippen molar-refractivity contribution in [3.63, 3.8) is 0 Å². The van der Waals surface area contributed by atoms with Gasteiger partial charge in [0, 0.05) is 12.8 Å². The largest absolute Gasteiger partial charge is 0.495 e. The smallest absolute Gasteiger partial charge is 0.278 e. The number of hydrogen-bond donors (Lipinski definition) is 2. The van der Waals surface area contributed by atoms with Crippen molar-refractivity contribution in [2.75, 3.05) is 38.5 Å². The minimum absolute atomic E-state index is 0.222. The molecular formula is C20H23N5O4. The maximum absolute atomic E-state index is 12.6. The highest BCUT2D eigenvalue weighted by molar-refractivity contribution is 6.03. The third-order valence-electron chi connectivity index (χ3n) is 4.11. The highest BCUT2D eigenvalue weighted by atomic mass is 16.5. The molecule has 9 heteroatoms. The lowest BCUT2D eigenvalue weighted by Crippen LogP contribution is -2.14. The predicted octanol–water partition coefficient (Wildman–Crippen LogP) is 2.44. The van der Waals surface area contributed by atoms with Crippen molar-refractivity contribution in [2.45, 2.75) is 6.92 Å². The quantitative estimate of drug-likeness (QED) is 0.443. The summed E-state index contributed by atoms with van der Waals surface area (Å²) in [6.45, 7) is 2.71. The number of rotatable bonds is 8. The molecule has 2 aromatic carbocycles. The number of nitrogens with zero attached hydrogens (tertiary/aromatic N) is 3. The first kappa shape index (κ1) is 20.2. The highest BCUT2D eigenvalue weighted by Crippen LogP contribution is 2.25. The second-order valence-corrected chi connectivity index (χ2v) is 6.17. The summed E-state index contributed by atoms with van der Waals surface area (Å²) in [5.74, 6) is 0.877. The van der Waals surface area contributed by atoms with E-state index >= 15 is 0 Å². The fourth-order valence-corrected chi connectivity index (χ4v) is 2.63. The van der Waals surface area contributed by atoms with Crippen molar-refractivity contribution in [1.29, 1.82) is 0 Å². The molecular weight excluding hydrogens is 374 g/mol. The summed E-state index contributed by atoms with van der Waals surface area (Å²) in [4.78, 5) is 14.0. The zero-order valence-electron chi connectivity index (χ0n) is 16.5. The Kier molecular flexibility index (Phi) is 6.30. The Morgan fingerprint density at radius 3 is 2.52 bits per heavy atom. The van der Waals surface area contributed by atoms with Crippen molar-refractivity contribution >= 4 is 17.3 Å². The third kappa shape index (κ3) is 4.82. The number of carbonyl (C=O) groups is 1. The lowest BCUT2D eigenvalue weighted by Gasteiger charge is -2.08. The van der Waals surface area contributed by atoms with E-state index in [4.69, 9.17) is 19.9 Å². The number of ether oxygens (including phenoxy) is 3. The van der Waals surface area contributed by atoms with E-state index < -0.39 is 0 Å². The molecule has 152 valence electrons. The molecule has 0 radical (unpaired) electrons. The third-order valence-corrected chi connectivity index (χ3v) is 4.11. The van der Waals surface area contributed by atoms with E-state index in [1.807, 2.05) is 24.3 Å². The van der Waals surface area contributed by atoms with Crippen LogP contribution in [-0.4, -0.2) is 48.3 Å². The van der Waals surface area contributed by atoms with E-state index in [1.54, 1.807) is 32.2 Å². The average Bonchev–Trinajstić information content (AvgIpc) is 3.11. The zero-order valence-corrected chi connectivity index (χ0v) is 16.5. The van der Waals surface area contributed by atoms with Crippen LogP contribution < -0.4 is 20.5 Å². The fraction of sp³-hybridized carbons (Fsp3) is 0.250. The molecule has 0 fully saturated rings. The number of benzene rings is 2. The average molecular weight is 397 g/mol. The van der Waals surface area contributed by atoms with Gasteiger partial charge in [-0.3, -0.25) is 4.79 Å². The van der Waals surface area contributed by atoms with Crippen LogP contribution in [0.4, 0.5) is 11.4 Å². The van der Waals surface area contributed by atoms with Gasteiger partial charge in [-0.15, -0.1) is 5.10 Å². The predicted molar refractivity (Wildman–Crippen MR) is 109 cm³/mol. The summed E-state index contributed by atoms with van der Waals surface area (Å²) in [6.07, 6.45) is 0. The molecule has 0 bridgehead atoms. The molecule has 1 aromatic heterocycles. The number of amides is 1. The van der Waals surface area contributed by atoms with Crippen molar-refractivity contribution < 1.29 is 19.0 Å². The number of methoxy groups -OCH3 is 2. The van der Waals surface area contributed by atoms with Crippen LogP contribution in [0, 0.1) is 6.92 Å². The van der Waals surface area contributed by atoms with E-state index in [0.29, 0.717) is 47.5 Å². The standard InChI is InChI=1S/C20H23N5O4/c1-13-19(20(26)22-14-4-9-18(28-3)17(21)12-14)24-25(23-13)15-5-7-16(8-6-15)29-11-10-27-2/h4-9,12H,10-11,21H2,1-3H3,(H,22,26). The summed E-state index contributed by atoms with van der Waals surface area (Å²) in [7, 11) is 3.15. The number of anilines is 2. The Morgan fingerprint density at radius 1 is 1.10 bits per heavy atom. The van der Waals surface area contributed by atoms with Gasteiger partial charge in [-0.05, 0) is 49.4 Å². The SMILES string of the molecule is COCCOc1ccc(-n2nc(C)c(C(=O)Nc3ccc(OC)c(N)c3)n2)cc1. The van der Waals surface area contributed by atoms with Gasteiger partial charge in [-0.25, -0.2) is 0 Å². The number of nitrogens with one attached hydrogen (secondary N) is 1. The monoisotopic (exact) mass is 397 g/mol. The van der Waals surface area contributed by atoms with Crippen LogP contribution in [0.2, 0.25) is 0 Å². The lowest BCUT2D eigenvalue weighted by molar-refractivity contribution is 0.102. The summed E-state index contributed by atoms with van der Waals surface area (Å²) in [5.41, 5.74) is 8.29. The van der Waals surface area contributed by atoms with Gasteiger partial charge in [0.1, 0.15) is 18.1 Å². The van der Waals surface area contributed by atoms with E-state index in [0.717, 1.165) is 0 Å². The zero-order chi connectivity index (χ0) is 20.8. The summed E-state index contributed by atoms with van der Waals surface area (Å²) >= 11 is 0. The second-order valence-electron chi connectivity index (χ2n) is 6.17. The van der Waals surface area contributed by atoms with Gasteiger partial charge in [0.15, 0.2) is 5.69 Å². The van der Waals surface area contributed by atoms with Gasteiger partial charge in [0.25, 0.3) is 5.91 Å². The molecule has 0 saturated heterocycles.